The summed E-state index contributed by atoms with van der Waals surface area (Å²) in [5, 5.41) is 4.38. The summed E-state index contributed by atoms with van der Waals surface area (Å²) < 4.78 is 0. The highest BCUT2D eigenvalue weighted by atomic mass is 35.5. The van der Waals surface area contributed by atoms with Crippen molar-refractivity contribution < 1.29 is 4.79 Å². The van der Waals surface area contributed by atoms with E-state index in [4.69, 9.17) is 11.6 Å². The van der Waals surface area contributed by atoms with Crippen molar-refractivity contribution in [1.29, 1.82) is 0 Å². The number of hydrogen-bond donors (Lipinski definition) is 2. The van der Waals surface area contributed by atoms with Crippen molar-refractivity contribution >= 4 is 28.4 Å². The molecule has 3 aromatic rings. The predicted octanol–water partition coefficient (Wildman–Crippen LogP) is 3.04. The number of amides is 1. The molecule has 3 rings (SSSR count). The van der Waals surface area contributed by atoms with Crippen LogP contribution in [0.2, 0.25) is 5.02 Å². The Kier molecular flexibility index (Phi) is 4.44. The molecule has 0 saturated carbocycles. The van der Waals surface area contributed by atoms with Crippen LogP contribution in [0.1, 0.15) is 11.1 Å². The molecule has 0 bridgehead atoms. The summed E-state index contributed by atoms with van der Waals surface area (Å²) in [5.41, 5.74) is 2.23. The predicted molar refractivity (Wildman–Crippen MR) is 91.6 cm³/mol. The maximum atomic E-state index is 12.1. The number of pyridine rings is 1. The van der Waals surface area contributed by atoms with Crippen LogP contribution in [-0.2, 0) is 17.8 Å². The molecule has 1 aromatic heterocycles. The molecule has 2 N–H and O–H groups in total. The molecule has 0 spiro atoms. The van der Waals surface area contributed by atoms with Crippen molar-refractivity contribution in [3.8, 4) is 0 Å². The van der Waals surface area contributed by atoms with Crippen LogP contribution >= 0.6 is 11.6 Å². The van der Waals surface area contributed by atoms with Crippen molar-refractivity contribution in [3.63, 3.8) is 0 Å². The fourth-order valence-electron chi connectivity index (χ4n) is 2.51. The Labute approximate surface area is 138 Å². The Morgan fingerprint density at radius 2 is 1.91 bits per heavy atom. The number of carbonyl (C=O) groups is 1. The quantitative estimate of drug-likeness (QED) is 0.774. The van der Waals surface area contributed by atoms with E-state index in [0.717, 1.165) is 22.0 Å². The minimum Gasteiger partial charge on any atom is -0.352 e. The first-order valence-corrected chi connectivity index (χ1v) is 7.62. The van der Waals surface area contributed by atoms with Gasteiger partial charge in [-0.05, 0) is 29.3 Å². The van der Waals surface area contributed by atoms with Gasteiger partial charge in [0, 0.05) is 28.5 Å². The zero-order chi connectivity index (χ0) is 16.2. The number of benzene rings is 2. The molecule has 0 atom stereocenters. The molecule has 0 saturated heterocycles. The summed E-state index contributed by atoms with van der Waals surface area (Å²) in [6.45, 7) is 0.309. The molecule has 1 heterocycles. The lowest BCUT2D eigenvalue weighted by atomic mass is 10.1. The number of aromatic amines is 1. The number of H-pyrrole nitrogens is 1. The molecule has 0 radical (unpaired) electrons. The van der Waals surface area contributed by atoms with Crippen molar-refractivity contribution in [1.82, 2.24) is 10.3 Å². The van der Waals surface area contributed by atoms with Crippen LogP contribution in [0.4, 0.5) is 0 Å². The molecule has 116 valence electrons. The summed E-state index contributed by atoms with van der Waals surface area (Å²) in [6.07, 6.45) is 0.252. The number of carbonyl (C=O) groups excluding carboxylic acids is 1. The number of hydrogen-bond acceptors (Lipinski definition) is 2. The number of halogens is 1. The van der Waals surface area contributed by atoms with Crippen LogP contribution < -0.4 is 10.9 Å². The maximum absolute atomic E-state index is 12.1. The van der Waals surface area contributed by atoms with E-state index in [1.54, 1.807) is 12.1 Å². The molecule has 23 heavy (non-hydrogen) atoms. The van der Waals surface area contributed by atoms with Crippen LogP contribution in [0.3, 0.4) is 0 Å². The van der Waals surface area contributed by atoms with Crippen molar-refractivity contribution in [2.45, 2.75) is 13.0 Å². The van der Waals surface area contributed by atoms with Crippen LogP contribution in [0, 0.1) is 0 Å². The summed E-state index contributed by atoms with van der Waals surface area (Å²) in [4.78, 5) is 26.6. The topological polar surface area (TPSA) is 62.0 Å². The average Bonchev–Trinajstić information content (AvgIpc) is 2.52. The maximum Gasteiger partial charge on any atom is 0.248 e. The first kappa shape index (κ1) is 15.3. The molecular formula is C18H15ClN2O2. The van der Waals surface area contributed by atoms with Crippen molar-refractivity contribution in [2.75, 3.05) is 0 Å². The first-order valence-electron chi connectivity index (χ1n) is 7.24. The number of aromatic nitrogens is 1. The van der Waals surface area contributed by atoms with Gasteiger partial charge < -0.3 is 10.3 Å². The van der Waals surface area contributed by atoms with Gasteiger partial charge in [-0.15, -0.1) is 0 Å². The van der Waals surface area contributed by atoms with Gasteiger partial charge in [0.1, 0.15) is 0 Å². The van der Waals surface area contributed by atoms with E-state index in [1.165, 1.54) is 6.07 Å². The van der Waals surface area contributed by atoms with Gasteiger partial charge in [-0.2, -0.15) is 0 Å². The number of rotatable bonds is 4. The van der Waals surface area contributed by atoms with Gasteiger partial charge >= 0.3 is 0 Å². The monoisotopic (exact) mass is 326 g/mol. The van der Waals surface area contributed by atoms with E-state index in [9.17, 15) is 9.59 Å². The van der Waals surface area contributed by atoms with Gasteiger partial charge in [0.25, 0.3) is 0 Å². The summed E-state index contributed by atoms with van der Waals surface area (Å²) in [6, 6.07) is 16.2. The fourth-order valence-corrected chi connectivity index (χ4v) is 2.72. The number of fused-ring (bicyclic) bond motifs is 1. The van der Waals surface area contributed by atoms with Crippen molar-refractivity contribution in [3.05, 3.63) is 81.1 Å². The van der Waals surface area contributed by atoms with E-state index >= 15 is 0 Å². The summed E-state index contributed by atoms with van der Waals surface area (Å²) >= 11 is 5.91. The van der Waals surface area contributed by atoms with Crippen molar-refractivity contribution in [2.24, 2.45) is 0 Å². The van der Waals surface area contributed by atoms with E-state index in [2.05, 4.69) is 10.3 Å². The van der Waals surface area contributed by atoms with Gasteiger partial charge in [0.2, 0.25) is 11.5 Å². The average molecular weight is 327 g/mol. The highest BCUT2D eigenvalue weighted by Crippen LogP contribution is 2.14. The third-order valence-electron chi connectivity index (χ3n) is 3.57. The molecule has 5 heteroatoms. The highest BCUT2D eigenvalue weighted by Gasteiger charge is 2.07. The Hall–Kier alpha value is -2.59. The zero-order valence-corrected chi connectivity index (χ0v) is 13.1. The van der Waals surface area contributed by atoms with Crippen LogP contribution in [0.5, 0.6) is 0 Å². The van der Waals surface area contributed by atoms with Crippen LogP contribution in [0.15, 0.2) is 59.4 Å². The molecule has 0 unspecified atom stereocenters. The second kappa shape index (κ2) is 6.67. The standard InChI is InChI=1S/C18H15ClN2O2/c19-14-5-3-4-12(8-14)9-17(22)20-11-13-10-18(23)21-16-7-2-1-6-15(13)16/h1-8,10H,9,11H2,(H,20,22)(H,21,23). The number of para-hydroxylation sites is 1. The van der Waals surface area contributed by atoms with Crippen LogP contribution in [-0.4, -0.2) is 10.9 Å². The lowest BCUT2D eigenvalue weighted by molar-refractivity contribution is -0.120. The summed E-state index contributed by atoms with van der Waals surface area (Å²) in [5.74, 6) is -0.114. The largest absolute Gasteiger partial charge is 0.352 e. The highest BCUT2D eigenvalue weighted by molar-refractivity contribution is 6.30. The molecule has 2 aromatic carbocycles. The molecule has 4 nitrogen and oxygen atoms in total. The van der Waals surface area contributed by atoms with Gasteiger partial charge in [-0.25, -0.2) is 0 Å². The molecular weight excluding hydrogens is 312 g/mol. The fraction of sp³-hybridized carbons (Fsp3) is 0.111. The second-order valence-corrected chi connectivity index (χ2v) is 5.72. The molecule has 0 aliphatic rings. The van der Waals surface area contributed by atoms with Crippen LogP contribution in [0.25, 0.3) is 10.9 Å². The minimum absolute atomic E-state index is 0.114. The van der Waals surface area contributed by atoms with Gasteiger partial charge in [0.15, 0.2) is 0 Å². The molecule has 0 aliphatic heterocycles. The Morgan fingerprint density at radius 3 is 2.74 bits per heavy atom. The molecule has 0 aliphatic carbocycles. The Balaban J connectivity index is 1.73. The minimum atomic E-state index is -0.178. The number of nitrogens with one attached hydrogen (secondary N) is 2. The zero-order valence-electron chi connectivity index (χ0n) is 12.3. The SMILES string of the molecule is O=C(Cc1cccc(Cl)c1)NCc1cc(=O)[nH]c2ccccc12. The third-order valence-corrected chi connectivity index (χ3v) is 3.80. The van der Waals surface area contributed by atoms with E-state index in [1.807, 2.05) is 36.4 Å². The van der Waals surface area contributed by atoms with Gasteiger partial charge in [-0.1, -0.05) is 41.9 Å². The normalized spacial score (nSPS) is 10.7. The lowest BCUT2D eigenvalue weighted by Gasteiger charge is -2.08. The van der Waals surface area contributed by atoms with E-state index in [0.29, 0.717) is 11.6 Å². The molecule has 0 fully saturated rings. The molecule has 1 amide bonds. The Morgan fingerprint density at radius 1 is 1.09 bits per heavy atom. The smallest absolute Gasteiger partial charge is 0.248 e. The lowest BCUT2D eigenvalue weighted by Crippen LogP contribution is -2.25. The van der Waals surface area contributed by atoms with Gasteiger partial charge in [-0.3, -0.25) is 9.59 Å². The van der Waals surface area contributed by atoms with Gasteiger partial charge in [0.05, 0.1) is 6.42 Å². The Bertz CT molecular complexity index is 918. The first-order chi connectivity index (χ1) is 11.1. The second-order valence-electron chi connectivity index (χ2n) is 5.29. The van der Waals surface area contributed by atoms with E-state index in [-0.39, 0.29) is 17.9 Å². The third kappa shape index (κ3) is 3.79. The summed E-state index contributed by atoms with van der Waals surface area (Å²) in [7, 11) is 0. The van der Waals surface area contributed by atoms with E-state index < -0.39 is 0 Å².